The Labute approximate surface area is 105 Å². The van der Waals surface area contributed by atoms with Crippen LogP contribution in [-0.4, -0.2) is 22.1 Å². The number of carboxylic acid groups (broad SMARTS) is 1. The van der Waals surface area contributed by atoms with E-state index in [1.165, 1.54) is 5.39 Å². The molecular weight excluding hydrogens is 228 g/mol. The monoisotopic (exact) mass is 244 g/mol. The lowest BCUT2D eigenvalue weighted by Gasteiger charge is -2.28. The Balaban J connectivity index is 1.86. The summed E-state index contributed by atoms with van der Waals surface area (Å²) in [6.07, 6.45) is 4.59. The van der Waals surface area contributed by atoms with E-state index in [0.29, 0.717) is 0 Å². The Kier molecular flexibility index (Phi) is 2.80. The van der Waals surface area contributed by atoms with Crippen LogP contribution in [0.3, 0.4) is 0 Å². The van der Waals surface area contributed by atoms with Crippen molar-refractivity contribution < 1.29 is 9.90 Å². The minimum absolute atomic E-state index is 0.146. The minimum Gasteiger partial charge on any atom is -0.480 e. The number of aromatic amines is 1. The fourth-order valence-electron chi connectivity index (χ4n) is 2.68. The summed E-state index contributed by atoms with van der Waals surface area (Å²) in [4.78, 5) is 14.2. The number of piperidine rings is 1. The van der Waals surface area contributed by atoms with Gasteiger partial charge < -0.3 is 10.1 Å². The van der Waals surface area contributed by atoms with Crippen LogP contribution in [0.1, 0.15) is 30.9 Å². The predicted octanol–water partition coefficient (Wildman–Crippen LogP) is 2.44. The summed E-state index contributed by atoms with van der Waals surface area (Å²) in [5, 5.41) is 13.5. The molecule has 4 nitrogen and oxygen atoms in total. The summed E-state index contributed by atoms with van der Waals surface area (Å²) in [7, 11) is 0. The third-order valence-corrected chi connectivity index (χ3v) is 3.67. The van der Waals surface area contributed by atoms with Gasteiger partial charge in [-0.05, 0) is 42.3 Å². The second-order valence-electron chi connectivity index (χ2n) is 4.87. The van der Waals surface area contributed by atoms with Crippen LogP contribution in [0, 0.1) is 0 Å². The van der Waals surface area contributed by atoms with Gasteiger partial charge in [0.2, 0.25) is 0 Å². The number of hydrogen-bond acceptors (Lipinski definition) is 2. The molecule has 3 N–H and O–H groups in total. The molecule has 1 aliphatic heterocycles. The fourth-order valence-corrected chi connectivity index (χ4v) is 2.68. The largest absolute Gasteiger partial charge is 0.480 e. The number of H-pyrrole nitrogens is 1. The van der Waals surface area contributed by atoms with Gasteiger partial charge in [-0.3, -0.25) is 10.1 Å². The lowest BCUT2D eigenvalue weighted by Crippen LogP contribution is -2.42. The molecule has 0 bridgehead atoms. The van der Waals surface area contributed by atoms with Crippen molar-refractivity contribution in [2.24, 2.45) is 0 Å². The summed E-state index contributed by atoms with van der Waals surface area (Å²) < 4.78 is 0. The van der Waals surface area contributed by atoms with E-state index in [0.717, 1.165) is 30.3 Å². The van der Waals surface area contributed by atoms with Gasteiger partial charge in [-0.2, -0.15) is 0 Å². The molecule has 2 atom stereocenters. The molecule has 1 fully saturated rings. The minimum atomic E-state index is -0.749. The van der Waals surface area contributed by atoms with Crippen LogP contribution in [0.5, 0.6) is 0 Å². The molecule has 1 saturated heterocycles. The zero-order chi connectivity index (χ0) is 12.5. The zero-order valence-corrected chi connectivity index (χ0v) is 10.0. The molecule has 2 heterocycles. The van der Waals surface area contributed by atoms with Crippen LogP contribution in [0.25, 0.3) is 10.9 Å². The highest BCUT2D eigenvalue weighted by Gasteiger charge is 2.26. The summed E-state index contributed by atoms with van der Waals surface area (Å²) in [5.74, 6) is -0.749. The Hall–Kier alpha value is -1.81. The quantitative estimate of drug-likeness (QED) is 0.760. The molecule has 0 amide bonds. The van der Waals surface area contributed by atoms with Crippen molar-refractivity contribution in [3.05, 3.63) is 36.0 Å². The van der Waals surface area contributed by atoms with Gasteiger partial charge in [0.15, 0.2) is 0 Å². The Morgan fingerprint density at radius 1 is 1.28 bits per heavy atom. The molecule has 3 rings (SSSR count). The Morgan fingerprint density at radius 2 is 2.17 bits per heavy atom. The number of hydrogen-bond donors (Lipinski definition) is 3. The average molecular weight is 244 g/mol. The highest BCUT2D eigenvalue weighted by Crippen LogP contribution is 2.27. The highest BCUT2D eigenvalue weighted by atomic mass is 16.4. The SMILES string of the molecule is O=C(O)C1CCCC(c2ccc3cc[nH]c3c2)N1. The first-order chi connectivity index (χ1) is 8.74. The molecule has 18 heavy (non-hydrogen) atoms. The van der Waals surface area contributed by atoms with Gasteiger partial charge in [0, 0.05) is 17.8 Å². The molecule has 0 aliphatic carbocycles. The number of nitrogens with one attached hydrogen (secondary N) is 2. The van der Waals surface area contributed by atoms with Crippen molar-refractivity contribution in [3.63, 3.8) is 0 Å². The lowest BCUT2D eigenvalue weighted by atomic mass is 9.93. The van der Waals surface area contributed by atoms with E-state index in [-0.39, 0.29) is 6.04 Å². The third-order valence-electron chi connectivity index (χ3n) is 3.67. The van der Waals surface area contributed by atoms with Crippen molar-refractivity contribution in [3.8, 4) is 0 Å². The summed E-state index contributed by atoms with van der Waals surface area (Å²) >= 11 is 0. The van der Waals surface area contributed by atoms with E-state index in [4.69, 9.17) is 5.11 Å². The summed E-state index contributed by atoms with van der Waals surface area (Å²) in [6.45, 7) is 0. The van der Waals surface area contributed by atoms with E-state index in [1.54, 1.807) is 0 Å². The van der Waals surface area contributed by atoms with Gasteiger partial charge in [0.25, 0.3) is 0 Å². The number of carbonyl (C=O) groups is 1. The number of carboxylic acids is 1. The number of aromatic nitrogens is 1. The van der Waals surface area contributed by atoms with E-state index in [1.807, 2.05) is 12.3 Å². The Morgan fingerprint density at radius 3 is 3.00 bits per heavy atom. The Bertz CT molecular complexity index is 576. The highest BCUT2D eigenvalue weighted by molar-refractivity contribution is 5.80. The van der Waals surface area contributed by atoms with Crippen LogP contribution in [0.4, 0.5) is 0 Å². The average Bonchev–Trinajstić information content (AvgIpc) is 2.86. The van der Waals surface area contributed by atoms with Crippen LogP contribution in [0.2, 0.25) is 0 Å². The van der Waals surface area contributed by atoms with Crippen molar-refractivity contribution in [1.82, 2.24) is 10.3 Å². The van der Waals surface area contributed by atoms with Gasteiger partial charge in [0.05, 0.1) is 0 Å². The van der Waals surface area contributed by atoms with Gasteiger partial charge >= 0.3 is 5.97 Å². The number of benzene rings is 1. The molecule has 1 aromatic heterocycles. The van der Waals surface area contributed by atoms with Crippen LogP contribution < -0.4 is 5.32 Å². The van der Waals surface area contributed by atoms with Crippen molar-refractivity contribution in [1.29, 1.82) is 0 Å². The smallest absolute Gasteiger partial charge is 0.320 e. The second kappa shape index (κ2) is 4.46. The van der Waals surface area contributed by atoms with Crippen molar-refractivity contribution in [2.75, 3.05) is 0 Å². The van der Waals surface area contributed by atoms with E-state index in [2.05, 4.69) is 28.5 Å². The van der Waals surface area contributed by atoms with E-state index < -0.39 is 12.0 Å². The zero-order valence-electron chi connectivity index (χ0n) is 10.0. The first-order valence-corrected chi connectivity index (χ1v) is 6.30. The molecule has 0 saturated carbocycles. The number of aliphatic carboxylic acids is 1. The summed E-state index contributed by atoms with van der Waals surface area (Å²) in [5.41, 5.74) is 2.27. The molecule has 0 spiro atoms. The second-order valence-corrected chi connectivity index (χ2v) is 4.87. The van der Waals surface area contributed by atoms with Crippen LogP contribution >= 0.6 is 0 Å². The first-order valence-electron chi connectivity index (χ1n) is 6.30. The topological polar surface area (TPSA) is 65.1 Å². The standard InChI is InChI=1S/C14H16N2O2/c17-14(18)12-3-1-2-11(16-12)10-5-4-9-6-7-15-13(9)8-10/h4-8,11-12,15-16H,1-3H2,(H,17,18). The molecule has 4 heteroatoms. The number of rotatable bonds is 2. The first kappa shape index (κ1) is 11.3. The van der Waals surface area contributed by atoms with Crippen molar-refractivity contribution in [2.45, 2.75) is 31.3 Å². The molecule has 2 aromatic rings. The third kappa shape index (κ3) is 1.99. The predicted molar refractivity (Wildman–Crippen MR) is 69.5 cm³/mol. The van der Waals surface area contributed by atoms with Gasteiger partial charge in [-0.25, -0.2) is 0 Å². The molecule has 94 valence electrons. The molecule has 0 radical (unpaired) electrons. The molecular formula is C14H16N2O2. The van der Waals surface area contributed by atoms with Gasteiger partial charge in [0.1, 0.15) is 6.04 Å². The maximum Gasteiger partial charge on any atom is 0.320 e. The molecule has 1 aliphatic rings. The number of fused-ring (bicyclic) bond motifs is 1. The van der Waals surface area contributed by atoms with Crippen molar-refractivity contribution >= 4 is 16.9 Å². The van der Waals surface area contributed by atoms with Crippen LogP contribution in [0.15, 0.2) is 30.5 Å². The molecule has 2 unspecified atom stereocenters. The summed E-state index contributed by atoms with van der Waals surface area (Å²) in [6, 6.07) is 8.03. The lowest BCUT2D eigenvalue weighted by molar-refractivity contribution is -0.140. The fraction of sp³-hybridized carbons (Fsp3) is 0.357. The van der Waals surface area contributed by atoms with E-state index in [9.17, 15) is 4.79 Å². The maximum atomic E-state index is 11.0. The normalized spacial score (nSPS) is 24.2. The van der Waals surface area contributed by atoms with Gasteiger partial charge in [-0.15, -0.1) is 0 Å². The van der Waals surface area contributed by atoms with Crippen LogP contribution in [-0.2, 0) is 4.79 Å². The maximum absolute atomic E-state index is 11.0. The van der Waals surface area contributed by atoms with Gasteiger partial charge in [-0.1, -0.05) is 12.1 Å². The molecule has 1 aromatic carbocycles. The van der Waals surface area contributed by atoms with E-state index >= 15 is 0 Å².